The van der Waals surface area contributed by atoms with Crippen molar-refractivity contribution in [3.8, 4) is 39.6 Å². The number of fused-ring (bicyclic) bond motifs is 9. The van der Waals surface area contributed by atoms with Gasteiger partial charge in [-0.05, 0) is 102 Å². The number of nitrogens with zero attached hydrogens (tertiary/aromatic N) is 6. The van der Waals surface area contributed by atoms with Crippen molar-refractivity contribution in [2.24, 2.45) is 10.7 Å². The van der Waals surface area contributed by atoms with Gasteiger partial charge in [-0.1, -0.05) is 140 Å². The lowest BCUT2D eigenvalue weighted by atomic mass is 10.0. The van der Waals surface area contributed by atoms with Crippen LogP contribution in [-0.4, -0.2) is 29.5 Å². The molecule has 8 aromatic carbocycles. The van der Waals surface area contributed by atoms with Gasteiger partial charge in [0.25, 0.3) is 0 Å². The molecule has 0 aliphatic rings. The van der Waals surface area contributed by atoms with Crippen LogP contribution < -0.4 is 5.73 Å². The van der Waals surface area contributed by atoms with Crippen LogP contribution in [0.3, 0.4) is 0 Å². The highest BCUT2D eigenvalue weighted by Crippen LogP contribution is 2.38. The molecule has 5 aromatic heterocycles. The Bertz CT molecular complexity index is 4100. The van der Waals surface area contributed by atoms with E-state index in [1.54, 1.807) is 0 Å². The van der Waals surface area contributed by atoms with Crippen LogP contribution in [0.15, 0.2) is 242 Å². The number of pyridine rings is 2. The highest BCUT2D eigenvalue weighted by atomic mass is 15.1. The molecule has 5 heterocycles. The van der Waals surface area contributed by atoms with E-state index in [0.29, 0.717) is 12.3 Å². The number of allylic oxidation sites excluding steroid dienone is 1. The van der Waals surface area contributed by atoms with Crippen LogP contribution in [0.4, 0.5) is 0 Å². The van der Waals surface area contributed by atoms with Crippen LogP contribution in [0.25, 0.3) is 105 Å². The minimum atomic E-state index is 0.444. The van der Waals surface area contributed by atoms with Gasteiger partial charge in [0.15, 0.2) is 0 Å². The summed E-state index contributed by atoms with van der Waals surface area (Å²) in [5.74, 6) is 1.28. The summed E-state index contributed by atoms with van der Waals surface area (Å²) in [7, 11) is 0. The summed E-state index contributed by atoms with van der Waals surface area (Å²) < 4.78 is 6.94. The Morgan fingerprint density at radius 3 is 1.84 bits per heavy atom. The molecule has 0 bridgehead atoms. The third kappa shape index (κ3) is 6.86. The Hall–Kier alpha value is -9.33. The average Bonchev–Trinajstić information content (AvgIpc) is 4.05. The zero-order chi connectivity index (χ0) is 45.8. The van der Waals surface area contributed by atoms with Gasteiger partial charge < -0.3 is 14.9 Å². The molecule has 2 N–H and O–H groups in total. The molecule has 0 unspecified atom stereocenters. The predicted octanol–water partition coefficient (Wildman–Crippen LogP) is 14.6. The highest BCUT2D eigenvalue weighted by Gasteiger charge is 2.19. The van der Waals surface area contributed by atoms with Gasteiger partial charge in [0.2, 0.25) is 0 Å². The van der Waals surface area contributed by atoms with Crippen LogP contribution in [0.5, 0.6) is 0 Å². The lowest BCUT2D eigenvalue weighted by Crippen LogP contribution is -2.12. The molecule has 0 fully saturated rings. The zero-order valence-corrected chi connectivity index (χ0v) is 37.5. The molecule has 0 saturated heterocycles. The highest BCUT2D eigenvalue weighted by molar-refractivity contribution is 6.13. The molecule has 0 spiro atoms. The maximum Gasteiger partial charge on any atom is 0.138 e. The monoisotopic (exact) mass is 885 g/mol. The van der Waals surface area contributed by atoms with Crippen molar-refractivity contribution in [2.75, 3.05) is 0 Å². The molecule has 0 aliphatic heterocycles. The number of nitrogens with two attached hydrogens (primary N) is 1. The summed E-state index contributed by atoms with van der Waals surface area (Å²) in [5, 5.41) is 7.05. The van der Waals surface area contributed by atoms with E-state index in [-0.39, 0.29) is 0 Å². The van der Waals surface area contributed by atoms with E-state index in [4.69, 9.17) is 15.7 Å². The molecule has 0 amide bonds. The Labute approximate surface area is 398 Å². The molecule has 326 valence electrons. The summed E-state index contributed by atoms with van der Waals surface area (Å²) >= 11 is 0. The quantitative estimate of drug-likeness (QED) is 0.116. The fourth-order valence-corrected chi connectivity index (χ4v) is 10.2. The second-order valence-electron chi connectivity index (χ2n) is 17.5. The molecular weight excluding hydrogens is 843 g/mol. The van der Waals surface area contributed by atoms with E-state index in [2.05, 4.69) is 225 Å². The minimum Gasteiger partial charge on any atom is -0.383 e. The third-order valence-electron chi connectivity index (χ3n) is 13.4. The standard InChI is InChI=1S/C62H43N7/c63-62(44-27-29-50-48-22-10-13-25-56(48)69(59(50)37-44)61-38-45(42-16-4-1-5-17-42)36-54(66-61)43-18-6-2-7-19-43)65-33-14-15-41-26-30-57-52(35-41)49-23-11-12-24-55(49)68(57)47-28-31-58-53(39-47)51-32-34-64-40-60(51)67(58)46-20-8-3-9-21-46/h1-14,16-40H,15H2,(H2,63,65)/b33-14-. The number of aliphatic imine (C=N–C) groups is 1. The molecule has 69 heavy (non-hydrogen) atoms. The Morgan fingerprint density at radius 1 is 0.449 bits per heavy atom. The average molecular weight is 886 g/mol. The lowest BCUT2D eigenvalue weighted by Gasteiger charge is -2.13. The van der Waals surface area contributed by atoms with Gasteiger partial charge in [-0.15, -0.1) is 0 Å². The number of hydrogen-bond donors (Lipinski definition) is 1. The van der Waals surface area contributed by atoms with Crippen molar-refractivity contribution in [1.29, 1.82) is 0 Å². The molecule has 0 saturated carbocycles. The van der Waals surface area contributed by atoms with Crippen molar-refractivity contribution in [1.82, 2.24) is 23.7 Å². The normalized spacial score (nSPS) is 12.2. The fraction of sp³-hybridized carbons (Fsp3) is 0.0161. The molecule has 0 radical (unpaired) electrons. The van der Waals surface area contributed by atoms with E-state index < -0.39 is 0 Å². The summed E-state index contributed by atoms with van der Waals surface area (Å²) in [5.41, 5.74) is 21.9. The Kier molecular flexibility index (Phi) is 9.58. The van der Waals surface area contributed by atoms with Gasteiger partial charge in [-0.2, -0.15) is 0 Å². The van der Waals surface area contributed by atoms with Crippen LogP contribution in [0.2, 0.25) is 0 Å². The summed E-state index contributed by atoms with van der Waals surface area (Å²) in [4.78, 5) is 14.6. The van der Waals surface area contributed by atoms with Crippen molar-refractivity contribution in [3.05, 3.63) is 248 Å². The van der Waals surface area contributed by atoms with E-state index in [9.17, 15) is 0 Å². The maximum atomic E-state index is 6.81. The molecule has 7 heteroatoms. The van der Waals surface area contributed by atoms with Crippen molar-refractivity contribution < 1.29 is 0 Å². The number of hydrogen-bond acceptors (Lipinski definition) is 3. The molecule has 13 rings (SSSR count). The largest absolute Gasteiger partial charge is 0.383 e. The fourth-order valence-electron chi connectivity index (χ4n) is 10.2. The smallest absolute Gasteiger partial charge is 0.138 e. The van der Waals surface area contributed by atoms with Gasteiger partial charge in [0, 0.05) is 67.2 Å². The number of rotatable bonds is 9. The topological polar surface area (TPSA) is 79.0 Å². The van der Waals surface area contributed by atoms with E-state index >= 15 is 0 Å². The molecule has 13 aromatic rings. The SMILES string of the molecule is NC(=N/C=C\Cc1ccc2c(c1)c1ccccc1n2-c1ccc2c(c1)c1ccncc1n2-c1ccccc1)c1ccc2c3ccccc3n(-c3cc(-c4ccccc4)cc(-c4ccccc4)n3)c2c1. The zero-order valence-electron chi connectivity index (χ0n) is 37.5. The molecular formula is C62H43N7. The summed E-state index contributed by atoms with van der Waals surface area (Å²) in [6.45, 7) is 0. The third-order valence-corrected chi connectivity index (χ3v) is 13.4. The molecule has 0 atom stereocenters. The molecule has 7 nitrogen and oxygen atoms in total. The van der Waals surface area contributed by atoms with Crippen LogP contribution >= 0.6 is 0 Å². The van der Waals surface area contributed by atoms with Crippen LogP contribution in [0.1, 0.15) is 11.1 Å². The first-order valence-electron chi connectivity index (χ1n) is 23.3. The Balaban J connectivity index is 0.833. The summed E-state index contributed by atoms with van der Waals surface area (Å²) in [6, 6.07) is 75.0. The Morgan fingerprint density at radius 2 is 1.06 bits per heavy atom. The van der Waals surface area contributed by atoms with E-state index in [0.717, 1.165) is 89.0 Å². The van der Waals surface area contributed by atoms with Gasteiger partial charge in [0.1, 0.15) is 11.7 Å². The van der Waals surface area contributed by atoms with E-state index in [1.807, 2.05) is 30.7 Å². The molecule has 0 aliphatic carbocycles. The lowest BCUT2D eigenvalue weighted by molar-refractivity contribution is 1.08. The first kappa shape index (κ1) is 40.0. The summed E-state index contributed by atoms with van der Waals surface area (Å²) in [6.07, 6.45) is 8.45. The number of amidine groups is 1. The number of para-hydroxylation sites is 3. The number of benzene rings is 8. The first-order chi connectivity index (χ1) is 34.1. The van der Waals surface area contributed by atoms with Crippen molar-refractivity contribution >= 4 is 71.3 Å². The maximum absolute atomic E-state index is 6.81. The van der Waals surface area contributed by atoms with Crippen LogP contribution in [-0.2, 0) is 6.42 Å². The minimum absolute atomic E-state index is 0.444. The van der Waals surface area contributed by atoms with Crippen molar-refractivity contribution in [2.45, 2.75) is 6.42 Å². The van der Waals surface area contributed by atoms with Gasteiger partial charge in [0.05, 0.1) is 45.0 Å². The van der Waals surface area contributed by atoms with Gasteiger partial charge in [-0.25, -0.2) is 9.98 Å². The second kappa shape index (κ2) is 16.5. The first-order valence-corrected chi connectivity index (χ1v) is 23.3. The second-order valence-corrected chi connectivity index (χ2v) is 17.5. The predicted molar refractivity (Wildman–Crippen MR) is 286 cm³/mol. The number of aromatic nitrogens is 5. The van der Waals surface area contributed by atoms with Crippen molar-refractivity contribution in [3.63, 3.8) is 0 Å². The van der Waals surface area contributed by atoms with Gasteiger partial charge in [-0.3, -0.25) is 9.55 Å². The van der Waals surface area contributed by atoms with E-state index in [1.165, 1.54) is 27.1 Å². The van der Waals surface area contributed by atoms with Crippen LogP contribution in [0, 0.1) is 0 Å². The van der Waals surface area contributed by atoms with Gasteiger partial charge >= 0.3 is 0 Å².